The Balaban J connectivity index is 1.36. The lowest BCUT2D eigenvalue weighted by molar-refractivity contribution is 0.590. The number of fused-ring (bicyclic) bond motifs is 4. The molecule has 2 aliphatic carbocycles. The molecular formula is C48H45N. The van der Waals surface area contributed by atoms with E-state index in [0.717, 1.165) is 12.1 Å². The Kier molecular flexibility index (Phi) is 7.49. The molecule has 0 saturated carbocycles. The Morgan fingerprint density at radius 1 is 0.612 bits per heavy atom. The fourth-order valence-electron chi connectivity index (χ4n) is 8.14. The van der Waals surface area contributed by atoms with Gasteiger partial charge < -0.3 is 4.90 Å². The Morgan fingerprint density at radius 2 is 1.24 bits per heavy atom. The van der Waals surface area contributed by atoms with Crippen LogP contribution in [0.3, 0.4) is 0 Å². The van der Waals surface area contributed by atoms with Crippen molar-refractivity contribution >= 4 is 33.4 Å². The first-order chi connectivity index (χ1) is 23.6. The van der Waals surface area contributed by atoms with Crippen molar-refractivity contribution < 1.29 is 0 Å². The molecule has 49 heavy (non-hydrogen) atoms. The third kappa shape index (κ3) is 5.33. The molecule has 0 N–H and O–H groups in total. The molecule has 6 aromatic rings. The van der Waals surface area contributed by atoms with Gasteiger partial charge in [0.1, 0.15) is 0 Å². The second-order valence-corrected chi connectivity index (χ2v) is 15.5. The van der Waals surface area contributed by atoms with Crippen LogP contribution >= 0.6 is 0 Å². The molecule has 0 fully saturated rings. The summed E-state index contributed by atoms with van der Waals surface area (Å²) in [5, 5.41) is 2.59. The van der Waals surface area contributed by atoms with Gasteiger partial charge in [-0.2, -0.15) is 0 Å². The second-order valence-electron chi connectivity index (χ2n) is 15.5. The monoisotopic (exact) mass is 635 g/mol. The van der Waals surface area contributed by atoms with E-state index in [1.165, 1.54) is 72.2 Å². The number of hydrogen-bond acceptors (Lipinski definition) is 1. The van der Waals surface area contributed by atoms with E-state index in [-0.39, 0.29) is 10.8 Å². The number of nitrogens with zero attached hydrogens (tertiary/aromatic N) is 1. The number of benzene rings is 6. The van der Waals surface area contributed by atoms with E-state index in [1.807, 2.05) is 0 Å². The molecule has 2 aliphatic rings. The molecule has 0 aliphatic heterocycles. The average Bonchev–Trinajstić information content (AvgIpc) is 3.34. The van der Waals surface area contributed by atoms with Crippen molar-refractivity contribution in [2.45, 2.75) is 58.8 Å². The quantitative estimate of drug-likeness (QED) is 0.182. The number of para-hydroxylation sites is 1. The summed E-state index contributed by atoms with van der Waals surface area (Å²) in [6.45, 7) is 13.9. The highest BCUT2D eigenvalue weighted by molar-refractivity contribution is 6.07. The van der Waals surface area contributed by atoms with E-state index in [2.05, 4.69) is 192 Å². The number of allylic oxidation sites excluding steroid dienone is 4. The molecule has 6 aromatic carbocycles. The third-order valence-corrected chi connectivity index (χ3v) is 10.8. The van der Waals surface area contributed by atoms with Crippen molar-refractivity contribution in [2.75, 3.05) is 4.90 Å². The van der Waals surface area contributed by atoms with Gasteiger partial charge in [0.2, 0.25) is 0 Å². The Bertz CT molecular complexity index is 2270. The first kappa shape index (κ1) is 31.1. The molecule has 242 valence electrons. The van der Waals surface area contributed by atoms with Gasteiger partial charge in [0.25, 0.3) is 0 Å². The minimum atomic E-state index is -0.0902. The lowest BCUT2D eigenvalue weighted by Crippen LogP contribution is -2.17. The van der Waals surface area contributed by atoms with Gasteiger partial charge in [-0.05, 0) is 103 Å². The van der Waals surface area contributed by atoms with E-state index >= 15 is 0 Å². The largest absolute Gasteiger partial charge is 0.310 e. The Hall–Kier alpha value is -5.14. The summed E-state index contributed by atoms with van der Waals surface area (Å²) < 4.78 is 0. The lowest BCUT2D eigenvalue weighted by atomic mass is 9.82. The van der Waals surface area contributed by atoms with Crippen LogP contribution in [0, 0.1) is 5.92 Å². The van der Waals surface area contributed by atoms with Crippen LogP contribution in [0.1, 0.15) is 70.2 Å². The lowest BCUT2D eigenvalue weighted by Gasteiger charge is -2.31. The summed E-state index contributed by atoms with van der Waals surface area (Å²) in [7, 11) is 0. The topological polar surface area (TPSA) is 3.24 Å². The molecule has 1 atom stereocenters. The number of hydrogen-bond donors (Lipinski definition) is 0. The minimum absolute atomic E-state index is 0.0739. The molecule has 0 aromatic heterocycles. The van der Waals surface area contributed by atoms with Crippen LogP contribution < -0.4 is 4.90 Å². The maximum Gasteiger partial charge on any atom is 0.0540 e. The van der Waals surface area contributed by atoms with Gasteiger partial charge in [-0.25, -0.2) is 0 Å². The summed E-state index contributed by atoms with van der Waals surface area (Å²) in [4.78, 5) is 2.48. The van der Waals surface area contributed by atoms with E-state index in [0.29, 0.717) is 5.92 Å². The predicted octanol–water partition coefficient (Wildman–Crippen LogP) is 13.6. The van der Waals surface area contributed by atoms with Gasteiger partial charge in [0.15, 0.2) is 0 Å². The van der Waals surface area contributed by atoms with E-state index in [1.54, 1.807) is 0 Å². The van der Waals surface area contributed by atoms with Crippen molar-refractivity contribution in [1.82, 2.24) is 0 Å². The molecule has 1 nitrogen and oxygen atoms in total. The minimum Gasteiger partial charge on any atom is -0.310 e. The van der Waals surface area contributed by atoms with Gasteiger partial charge in [-0.1, -0.05) is 157 Å². The summed E-state index contributed by atoms with van der Waals surface area (Å²) in [5.74, 6) is 0.525. The number of rotatable bonds is 5. The van der Waals surface area contributed by atoms with Crippen molar-refractivity contribution in [3.05, 3.63) is 168 Å². The zero-order valence-electron chi connectivity index (χ0n) is 29.6. The molecule has 1 unspecified atom stereocenters. The molecule has 1 heteroatoms. The Morgan fingerprint density at radius 3 is 1.98 bits per heavy atom. The Labute approximate surface area is 292 Å². The fourth-order valence-corrected chi connectivity index (χ4v) is 8.14. The smallest absolute Gasteiger partial charge is 0.0540 e. The highest BCUT2D eigenvalue weighted by Crippen LogP contribution is 2.51. The van der Waals surface area contributed by atoms with E-state index in [4.69, 9.17) is 0 Å². The summed E-state index contributed by atoms with van der Waals surface area (Å²) in [6.07, 6.45) is 7.90. The van der Waals surface area contributed by atoms with Crippen LogP contribution in [0.25, 0.3) is 38.6 Å². The predicted molar refractivity (Wildman–Crippen MR) is 211 cm³/mol. The van der Waals surface area contributed by atoms with Crippen molar-refractivity contribution in [1.29, 1.82) is 0 Å². The zero-order chi connectivity index (χ0) is 33.9. The highest BCUT2D eigenvalue weighted by Gasteiger charge is 2.36. The zero-order valence-corrected chi connectivity index (χ0v) is 29.6. The molecule has 0 bridgehead atoms. The SMILES string of the molecule is CC1C=CC=C(c2cccc3cccc(-c4ccccc4N(c4ccc(C(C)(C)C)cc4)c4ccc5c(c4)C(C)(C)c4ccccc4-5)c23)C1. The van der Waals surface area contributed by atoms with Gasteiger partial charge in [-0.15, -0.1) is 0 Å². The molecule has 0 radical (unpaired) electrons. The normalized spacial score (nSPS) is 16.3. The van der Waals surface area contributed by atoms with Crippen molar-refractivity contribution in [3.63, 3.8) is 0 Å². The maximum atomic E-state index is 2.48. The summed E-state index contributed by atoms with van der Waals surface area (Å²) >= 11 is 0. The van der Waals surface area contributed by atoms with Gasteiger partial charge in [0, 0.05) is 22.4 Å². The summed E-state index contributed by atoms with van der Waals surface area (Å²) in [5.41, 5.74) is 15.5. The third-order valence-electron chi connectivity index (χ3n) is 10.8. The molecule has 0 heterocycles. The van der Waals surface area contributed by atoms with E-state index in [9.17, 15) is 0 Å². The van der Waals surface area contributed by atoms with Crippen molar-refractivity contribution in [2.24, 2.45) is 5.92 Å². The van der Waals surface area contributed by atoms with Gasteiger partial charge in [0.05, 0.1) is 5.69 Å². The molecular weight excluding hydrogens is 591 g/mol. The van der Waals surface area contributed by atoms with Crippen LogP contribution in [-0.2, 0) is 10.8 Å². The molecule has 0 amide bonds. The van der Waals surface area contributed by atoms with Crippen molar-refractivity contribution in [3.8, 4) is 22.3 Å². The van der Waals surface area contributed by atoms with E-state index < -0.39 is 0 Å². The van der Waals surface area contributed by atoms with Crippen LogP contribution in [0.2, 0.25) is 0 Å². The first-order valence-electron chi connectivity index (χ1n) is 17.8. The highest BCUT2D eigenvalue weighted by atomic mass is 15.1. The first-order valence-corrected chi connectivity index (χ1v) is 17.8. The van der Waals surface area contributed by atoms with Crippen LogP contribution in [0.4, 0.5) is 17.1 Å². The second kappa shape index (κ2) is 11.8. The van der Waals surface area contributed by atoms with Gasteiger partial charge in [-0.3, -0.25) is 0 Å². The maximum absolute atomic E-state index is 2.48. The van der Waals surface area contributed by atoms with Crippen LogP contribution in [0.5, 0.6) is 0 Å². The summed E-state index contributed by atoms with van der Waals surface area (Å²) in [6, 6.07) is 47.8. The number of anilines is 3. The van der Waals surface area contributed by atoms with Crippen LogP contribution in [-0.4, -0.2) is 0 Å². The standard InChI is InChI=1S/C48H45N/c1-32-14-11-17-34(30-32)38-20-12-15-33-16-13-21-42(46(33)38)41-19-8-10-23-45(41)49(36-26-24-35(25-27-36)47(2,3)4)37-28-29-40-39-18-7-9-22-43(39)48(5,6)44(40)31-37/h7-29,31-32H,30H2,1-6H3. The van der Waals surface area contributed by atoms with Crippen LogP contribution in [0.15, 0.2) is 146 Å². The fraction of sp³-hybridized carbons (Fsp3) is 0.208. The average molecular weight is 636 g/mol. The molecule has 0 saturated heterocycles. The molecule has 0 spiro atoms. The molecule has 8 rings (SSSR count). The van der Waals surface area contributed by atoms with Gasteiger partial charge >= 0.3 is 0 Å².